The van der Waals surface area contributed by atoms with Gasteiger partial charge in [-0.1, -0.05) is 66.8 Å². The summed E-state index contributed by atoms with van der Waals surface area (Å²) in [6.45, 7) is 1.97. The predicted octanol–water partition coefficient (Wildman–Crippen LogP) is 3.18. The lowest BCUT2D eigenvalue weighted by molar-refractivity contribution is 0.0924. The summed E-state index contributed by atoms with van der Waals surface area (Å²) in [4.78, 5) is 44.4. The van der Waals surface area contributed by atoms with Gasteiger partial charge in [-0.25, -0.2) is 4.90 Å². The van der Waals surface area contributed by atoms with Gasteiger partial charge < -0.3 is 0 Å². The molecule has 1 aliphatic rings. The third kappa shape index (κ3) is 2.53. The van der Waals surface area contributed by atoms with Crippen molar-refractivity contribution in [3.05, 3.63) is 81.1 Å². The van der Waals surface area contributed by atoms with Gasteiger partial charge >= 0.3 is 5.56 Å². The quantitative estimate of drug-likeness (QED) is 0.492. The van der Waals surface area contributed by atoms with Crippen LogP contribution in [-0.2, 0) is 6.42 Å². The molecule has 7 nitrogen and oxygen atoms in total. The summed E-state index contributed by atoms with van der Waals surface area (Å²) in [6, 6.07) is 16.2. The Balaban J connectivity index is 1.70. The molecule has 4 aromatic rings. The van der Waals surface area contributed by atoms with Gasteiger partial charge in [-0.05, 0) is 18.1 Å². The van der Waals surface area contributed by atoms with Crippen LogP contribution in [0.3, 0.4) is 0 Å². The minimum atomic E-state index is -0.496. The van der Waals surface area contributed by atoms with Crippen LogP contribution in [-0.4, -0.2) is 26.4 Å². The van der Waals surface area contributed by atoms with Crippen LogP contribution >= 0.6 is 11.3 Å². The molecule has 0 saturated carbocycles. The van der Waals surface area contributed by atoms with Crippen molar-refractivity contribution < 1.29 is 9.59 Å². The van der Waals surface area contributed by atoms with Crippen LogP contribution < -0.4 is 10.5 Å². The van der Waals surface area contributed by atoms with Gasteiger partial charge in [0.15, 0.2) is 11.4 Å². The number of para-hydroxylation sites is 1. The maximum Gasteiger partial charge on any atom is 0.300 e. The molecule has 29 heavy (non-hydrogen) atoms. The maximum absolute atomic E-state index is 13.2. The monoisotopic (exact) mass is 402 g/mol. The number of nitrogens with zero attached hydrogens (tertiary/aromatic N) is 4. The lowest BCUT2D eigenvalue weighted by atomic mass is 10.1. The minimum absolute atomic E-state index is 0.136. The Morgan fingerprint density at radius 2 is 1.66 bits per heavy atom. The van der Waals surface area contributed by atoms with Gasteiger partial charge in [0.1, 0.15) is 4.88 Å². The van der Waals surface area contributed by atoms with Crippen LogP contribution in [0.1, 0.15) is 32.6 Å². The number of hydrogen-bond donors (Lipinski definition) is 0. The Hall–Kier alpha value is -3.65. The zero-order valence-corrected chi connectivity index (χ0v) is 16.1. The Morgan fingerprint density at radius 1 is 0.931 bits per heavy atom. The Bertz CT molecular complexity index is 1360. The van der Waals surface area contributed by atoms with Crippen LogP contribution in [0.4, 0.5) is 5.69 Å². The van der Waals surface area contributed by atoms with Crippen molar-refractivity contribution in [2.75, 3.05) is 4.90 Å². The molecule has 0 radical (unpaired) electrons. The van der Waals surface area contributed by atoms with Gasteiger partial charge in [-0.3, -0.25) is 14.4 Å². The molecule has 2 aromatic carbocycles. The van der Waals surface area contributed by atoms with E-state index in [2.05, 4.69) is 10.1 Å². The molecule has 8 heteroatoms. The van der Waals surface area contributed by atoms with Crippen molar-refractivity contribution in [3.8, 4) is 11.3 Å². The molecule has 0 saturated heterocycles. The van der Waals surface area contributed by atoms with Gasteiger partial charge in [0.2, 0.25) is 4.96 Å². The van der Waals surface area contributed by atoms with Gasteiger partial charge in [0.25, 0.3) is 11.8 Å². The molecule has 0 unspecified atom stereocenters. The number of rotatable bonds is 3. The number of hydrogen-bond acceptors (Lipinski definition) is 6. The number of anilines is 1. The summed E-state index contributed by atoms with van der Waals surface area (Å²) in [5.74, 6) is -0.883. The van der Waals surface area contributed by atoms with E-state index in [-0.39, 0.29) is 21.2 Å². The van der Waals surface area contributed by atoms with Crippen molar-refractivity contribution in [1.29, 1.82) is 0 Å². The topological polar surface area (TPSA) is 84.6 Å². The Kier molecular flexibility index (Phi) is 3.88. The summed E-state index contributed by atoms with van der Waals surface area (Å²) < 4.78 is 1.32. The van der Waals surface area contributed by atoms with Crippen molar-refractivity contribution in [1.82, 2.24) is 14.6 Å². The molecular weight excluding hydrogens is 388 g/mol. The molecule has 0 aliphatic carbocycles. The molecule has 3 heterocycles. The highest BCUT2D eigenvalue weighted by molar-refractivity contribution is 7.19. The van der Waals surface area contributed by atoms with E-state index < -0.39 is 17.4 Å². The third-order valence-electron chi connectivity index (χ3n) is 4.86. The van der Waals surface area contributed by atoms with E-state index in [1.807, 2.05) is 25.1 Å². The minimum Gasteiger partial charge on any atom is -0.267 e. The molecule has 2 amide bonds. The summed E-state index contributed by atoms with van der Waals surface area (Å²) in [5, 5.41) is 4.38. The number of amides is 2. The van der Waals surface area contributed by atoms with Gasteiger partial charge in [-0.2, -0.15) is 14.6 Å². The Labute approximate surface area is 168 Å². The highest BCUT2D eigenvalue weighted by atomic mass is 32.1. The van der Waals surface area contributed by atoms with Gasteiger partial charge in [-0.15, -0.1) is 0 Å². The number of aromatic nitrogens is 3. The summed E-state index contributed by atoms with van der Waals surface area (Å²) in [7, 11) is 0. The fraction of sp³-hybridized carbons (Fsp3) is 0.0952. The second kappa shape index (κ2) is 6.46. The summed E-state index contributed by atoms with van der Waals surface area (Å²) in [6.07, 6.45) is 0.687. The highest BCUT2D eigenvalue weighted by Crippen LogP contribution is 2.35. The number of fused-ring (bicyclic) bond motifs is 3. The standard InChI is InChI=1S/C21H14N4O3S/c1-2-12-8-6-7-11-14(12)24-19(27)16-17(20(24)28)29-21-22-18(26)15(23-25(16)21)13-9-4-3-5-10-13/h3-11H,2H2,1H3. The van der Waals surface area contributed by atoms with Gasteiger partial charge in [0.05, 0.1) is 5.69 Å². The molecule has 0 fully saturated rings. The van der Waals surface area contributed by atoms with Crippen molar-refractivity contribution >= 4 is 33.8 Å². The number of imide groups is 1. The SMILES string of the molecule is CCc1ccccc1N1C(=O)c2sc3nc(=O)c(-c4ccccc4)nn3c2C1=O. The Morgan fingerprint density at radius 3 is 2.41 bits per heavy atom. The van der Waals surface area contributed by atoms with Crippen LogP contribution in [0, 0.1) is 0 Å². The van der Waals surface area contributed by atoms with E-state index in [0.29, 0.717) is 17.7 Å². The fourth-order valence-electron chi connectivity index (χ4n) is 3.48. The molecule has 142 valence electrons. The maximum atomic E-state index is 13.2. The first-order chi connectivity index (χ1) is 14.1. The summed E-state index contributed by atoms with van der Waals surface area (Å²) in [5.41, 5.74) is 1.85. The van der Waals surface area contributed by atoms with E-state index in [4.69, 9.17) is 0 Å². The van der Waals surface area contributed by atoms with Crippen LogP contribution in [0.25, 0.3) is 16.2 Å². The smallest absolute Gasteiger partial charge is 0.267 e. The molecular formula is C21H14N4O3S. The molecule has 0 bridgehead atoms. The van der Waals surface area contributed by atoms with Crippen LogP contribution in [0.15, 0.2) is 59.4 Å². The van der Waals surface area contributed by atoms with Crippen LogP contribution in [0.2, 0.25) is 0 Å². The fourth-order valence-corrected chi connectivity index (χ4v) is 4.46. The van der Waals surface area contributed by atoms with Crippen molar-refractivity contribution in [3.63, 3.8) is 0 Å². The zero-order valence-electron chi connectivity index (χ0n) is 15.3. The number of aryl methyl sites for hydroxylation is 1. The first kappa shape index (κ1) is 17.4. The lowest BCUT2D eigenvalue weighted by Gasteiger charge is -2.17. The average Bonchev–Trinajstić information content (AvgIpc) is 3.22. The molecule has 0 atom stereocenters. The second-order valence-electron chi connectivity index (χ2n) is 6.53. The predicted molar refractivity (Wildman–Crippen MR) is 110 cm³/mol. The first-order valence-electron chi connectivity index (χ1n) is 9.06. The molecule has 2 aromatic heterocycles. The van der Waals surface area contributed by atoms with Gasteiger partial charge in [0, 0.05) is 5.56 Å². The first-order valence-corrected chi connectivity index (χ1v) is 9.87. The van der Waals surface area contributed by atoms with Crippen molar-refractivity contribution in [2.45, 2.75) is 13.3 Å². The van der Waals surface area contributed by atoms with E-state index in [1.54, 1.807) is 36.4 Å². The molecule has 0 spiro atoms. The van der Waals surface area contributed by atoms with E-state index in [0.717, 1.165) is 16.9 Å². The number of carbonyl (C=O) groups excluding carboxylic acids is 2. The highest BCUT2D eigenvalue weighted by Gasteiger charge is 2.42. The summed E-state index contributed by atoms with van der Waals surface area (Å²) >= 11 is 1.01. The zero-order chi connectivity index (χ0) is 20.1. The van der Waals surface area contributed by atoms with E-state index in [9.17, 15) is 14.4 Å². The molecule has 5 rings (SSSR count). The molecule has 1 aliphatic heterocycles. The lowest BCUT2D eigenvalue weighted by Crippen LogP contribution is -2.31. The average molecular weight is 402 g/mol. The molecule has 0 N–H and O–H groups in total. The van der Waals surface area contributed by atoms with E-state index in [1.165, 1.54) is 9.42 Å². The number of thiazole rings is 1. The number of benzene rings is 2. The second-order valence-corrected chi connectivity index (χ2v) is 7.51. The normalized spacial score (nSPS) is 13.3. The largest absolute Gasteiger partial charge is 0.300 e. The number of carbonyl (C=O) groups is 2. The third-order valence-corrected chi connectivity index (χ3v) is 5.88. The van der Waals surface area contributed by atoms with Crippen molar-refractivity contribution in [2.24, 2.45) is 0 Å². The van der Waals surface area contributed by atoms with Crippen LogP contribution in [0.5, 0.6) is 0 Å². The van der Waals surface area contributed by atoms with E-state index >= 15 is 0 Å².